The SMILES string of the molecule is CC[C@@H]1C2CCC(CN1c1ccccc1)N2C(=O)N(C)Cc1ccc(F)cc1. The number of amides is 2. The van der Waals surface area contributed by atoms with Crippen molar-refractivity contribution in [2.75, 3.05) is 18.5 Å². The Morgan fingerprint density at radius 1 is 1.11 bits per heavy atom. The summed E-state index contributed by atoms with van der Waals surface area (Å²) in [5.74, 6) is -0.251. The Labute approximate surface area is 166 Å². The number of hydrogen-bond acceptors (Lipinski definition) is 2. The highest BCUT2D eigenvalue weighted by Gasteiger charge is 2.48. The fourth-order valence-electron chi connectivity index (χ4n) is 4.87. The zero-order valence-corrected chi connectivity index (χ0v) is 16.6. The average molecular weight is 381 g/mol. The molecule has 5 heteroatoms. The van der Waals surface area contributed by atoms with Gasteiger partial charge >= 0.3 is 6.03 Å². The number of piperazine rings is 1. The molecule has 2 bridgehead atoms. The van der Waals surface area contributed by atoms with Crippen molar-refractivity contribution >= 4 is 11.7 Å². The maximum atomic E-state index is 13.3. The zero-order valence-electron chi connectivity index (χ0n) is 16.6. The van der Waals surface area contributed by atoms with Gasteiger partial charge in [0, 0.05) is 31.9 Å². The molecule has 2 aliphatic heterocycles. The normalized spacial score (nSPS) is 23.8. The Hall–Kier alpha value is -2.56. The standard InChI is InChI=1S/C23H28FN3O/c1-3-21-22-14-13-20(16-26(21)19-7-5-4-6-8-19)27(22)23(28)25(2)15-17-9-11-18(24)12-10-17/h4-12,20-22H,3,13-16H2,1-2H3/t20?,21-,22?/m1/s1. The second kappa shape index (κ2) is 7.82. The minimum absolute atomic E-state index is 0.0861. The van der Waals surface area contributed by atoms with E-state index in [1.54, 1.807) is 17.0 Å². The predicted molar refractivity (Wildman–Crippen MR) is 110 cm³/mol. The third kappa shape index (κ3) is 3.46. The molecule has 2 saturated heterocycles. The molecule has 2 aliphatic rings. The summed E-state index contributed by atoms with van der Waals surface area (Å²) < 4.78 is 13.1. The third-order valence-electron chi connectivity index (χ3n) is 6.18. The second-order valence-electron chi connectivity index (χ2n) is 7.93. The molecule has 2 aromatic rings. The van der Waals surface area contributed by atoms with E-state index >= 15 is 0 Å². The molecule has 28 heavy (non-hydrogen) atoms. The maximum absolute atomic E-state index is 13.3. The molecule has 0 aliphatic carbocycles. The Morgan fingerprint density at radius 2 is 1.82 bits per heavy atom. The van der Waals surface area contributed by atoms with Crippen LogP contribution >= 0.6 is 0 Å². The van der Waals surface area contributed by atoms with Crippen LogP contribution in [0.15, 0.2) is 54.6 Å². The van der Waals surface area contributed by atoms with Crippen LogP contribution in [0.5, 0.6) is 0 Å². The molecule has 0 aromatic heterocycles. The number of halogens is 1. The Kier molecular flexibility index (Phi) is 5.25. The minimum Gasteiger partial charge on any atom is -0.364 e. The maximum Gasteiger partial charge on any atom is 0.320 e. The van der Waals surface area contributed by atoms with E-state index in [1.165, 1.54) is 17.8 Å². The largest absolute Gasteiger partial charge is 0.364 e. The van der Waals surface area contributed by atoms with Gasteiger partial charge in [-0.15, -0.1) is 0 Å². The van der Waals surface area contributed by atoms with Crippen LogP contribution in [0.3, 0.4) is 0 Å². The van der Waals surface area contributed by atoms with Gasteiger partial charge in [0.2, 0.25) is 0 Å². The lowest BCUT2D eigenvalue weighted by Gasteiger charge is -2.48. The first-order chi connectivity index (χ1) is 13.6. The van der Waals surface area contributed by atoms with Crippen LogP contribution in [-0.2, 0) is 6.54 Å². The molecule has 4 nitrogen and oxygen atoms in total. The van der Waals surface area contributed by atoms with Gasteiger partial charge in [0.15, 0.2) is 0 Å². The Balaban J connectivity index is 1.51. The van der Waals surface area contributed by atoms with E-state index in [1.807, 2.05) is 13.1 Å². The molecule has 2 unspecified atom stereocenters. The summed E-state index contributed by atoms with van der Waals surface area (Å²) in [6.07, 6.45) is 3.13. The summed E-state index contributed by atoms with van der Waals surface area (Å²) in [6, 6.07) is 17.8. The number of hydrogen-bond donors (Lipinski definition) is 0. The van der Waals surface area contributed by atoms with Crippen LogP contribution in [0.4, 0.5) is 14.9 Å². The van der Waals surface area contributed by atoms with Gasteiger partial charge in [-0.3, -0.25) is 0 Å². The molecule has 2 amide bonds. The summed E-state index contributed by atoms with van der Waals surface area (Å²) in [7, 11) is 1.84. The molecule has 2 aromatic carbocycles. The van der Waals surface area contributed by atoms with Gasteiger partial charge in [-0.25, -0.2) is 9.18 Å². The fraction of sp³-hybridized carbons (Fsp3) is 0.435. The topological polar surface area (TPSA) is 26.8 Å². The van der Waals surface area contributed by atoms with Gasteiger partial charge in [-0.2, -0.15) is 0 Å². The van der Waals surface area contributed by atoms with Crippen molar-refractivity contribution in [2.24, 2.45) is 0 Å². The van der Waals surface area contributed by atoms with E-state index in [0.29, 0.717) is 12.6 Å². The van der Waals surface area contributed by atoms with Crippen molar-refractivity contribution in [2.45, 2.75) is 50.9 Å². The monoisotopic (exact) mass is 381 g/mol. The number of nitrogens with zero attached hydrogens (tertiary/aromatic N) is 3. The molecule has 2 heterocycles. The smallest absolute Gasteiger partial charge is 0.320 e. The van der Waals surface area contributed by atoms with Gasteiger partial charge in [0.25, 0.3) is 0 Å². The Morgan fingerprint density at radius 3 is 2.50 bits per heavy atom. The van der Waals surface area contributed by atoms with Crippen LogP contribution in [0.2, 0.25) is 0 Å². The van der Waals surface area contributed by atoms with Crippen LogP contribution in [0.25, 0.3) is 0 Å². The molecule has 0 spiro atoms. The van der Waals surface area contributed by atoms with E-state index in [9.17, 15) is 9.18 Å². The third-order valence-corrected chi connectivity index (χ3v) is 6.18. The van der Waals surface area contributed by atoms with Gasteiger partial charge in [-0.05, 0) is 49.1 Å². The number of urea groups is 1. The van der Waals surface area contributed by atoms with Crippen LogP contribution in [-0.4, -0.2) is 47.5 Å². The highest BCUT2D eigenvalue weighted by molar-refractivity contribution is 5.76. The number of benzene rings is 2. The number of carbonyl (C=O) groups excluding carboxylic acids is 1. The molecule has 4 rings (SSSR count). The summed E-state index contributed by atoms with van der Waals surface area (Å²) >= 11 is 0. The second-order valence-corrected chi connectivity index (χ2v) is 7.93. The van der Waals surface area contributed by atoms with Crippen molar-refractivity contribution < 1.29 is 9.18 Å². The van der Waals surface area contributed by atoms with Gasteiger partial charge in [0.1, 0.15) is 5.82 Å². The molecule has 0 radical (unpaired) electrons. The first-order valence-corrected chi connectivity index (χ1v) is 10.2. The summed E-state index contributed by atoms with van der Waals surface area (Å²) in [4.78, 5) is 19.7. The molecule has 3 atom stereocenters. The number of fused-ring (bicyclic) bond motifs is 2. The van der Waals surface area contributed by atoms with Gasteiger partial charge in [-0.1, -0.05) is 37.3 Å². The van der Waals surface area contributed by atoms with Crippen molar-refractivity contribution in [3.63, 3.8) is 0 Å². The average Bonchev–Trinajstić information content (AvgIpc) is 3.03. The summed E-state index contributed by atoms with van der Waals surface area (Å²) in [5.41, 5.74) is 2.19. The van der Waals surface area contributed by atoms with Crippen LogP contribution < -0.4 is 4.90 Å². The molecule has 0 saturated carbocycles. The molecule has 148 valence electrons. The van der Waals surface area contributed by atoms with E-state index in [4.69, 9.17) is 0 Å². The molecular formula is C23H28FN3O. The zero-order chi connectivity index (χ0) is 19.7. The van der Waals surface area contributed by atoms with Gasteiger partial charge in [0.05, 0.1) is 12.1 Å². The number of rotatable bonds is 4. The number of para-hydroxylation sites is 1. The number of anilines is 1. The molecular weight excluding hydrogens is 353 g/mol. The lowest BCUT2D eigenvalue weighted by atomic mass is 9.99. The summed E-state index contributed by atoms with van der Waals surface area (Å²) in [5, 5.41) is 0. The highest BCUT2D eigenvalue weighted by atomic mass is 19.1. The van der Waals surface area contributed by atoms with E-state index in [2.05, 4.69) is 41.0 Å². The Bertz CT molecular complexity index is 810. The predicted octanol–water partition coefficient (Wildman–Crippen LogP) is 4.51. The molecule has 2 fully saturated rings. The molecule has 0 N–H and O–H groups in total. The summed E-state index contributed by atoms with van der Waals surface area (Å²) in [6.45, 7) is 3.59. The van der Waals surface area contributed by atoms with Crippen molar-refractivity contribution in [3.05, 3.63) is 66.0 Å². The fourth-order valence-corrected chi connectivity index (χ4v) is 4.87. The van der Waals surface area contributed by atoms with E-state index in [0.717, 1.165) is 31.4 Å². The van der Waals surface area contributed by atoms with E-state index in [-0.39, 0.29) is 23.9 Å². The minimum atomic E-state index is -0.251. The first-order valence-electron chi connectivity index (χ1n) is 10.2. The van der Waals surface area contributed by atoms with E-state index < -0.39 is 0 Å². The van der Waals surface area contributed by atoms with Crippen LogP contribution in [0.1, 0.15) is 31.7 Å². The lowest BCUT2D eigenvalue weighted by Crippen LogP contribution is -2.63. The highest BCUT2D eigenvalue weighted by Crippen LogP contribution is 2.38. The first kappa shape index (κ1) is 18.8. The number of carbonyl (C=O) groups is 1. The van der Waals surface area contributed by atoms with Crippen molar-refractivity contribution in [3.8, 4) is 0 Å². The van der Waals surface area contributed by atoms with Crippen LogP contribution in [0, 0.1) is 5.82 Å². The lowest BCUT2D eigenvalue weighted by molar-refractivity contribution is 0.114. The van der Waals surface area contributed by atoms with Crippen molar-refractivity contribution in [1.29, 1.82) is 0 Å². The van der Waals surface area contributed by atoms with Crippen molar-refractivity contribution in [1.82, 2.24) is 9.80 Å². The quantitative estimate of drug-likeness (QED) is 0.779. The van der Waals surface area contributed by atoms with Gasteiger partial charge < -0.3 is 14.7 Å².